The first-order valence-electron chi connectivity index (χ1n) is 5.52. The van der Waals surface area contributed by atoms with Crippen molar-refractivity contribution in [1.29, 1.82) is 0 Å². The molecule has 2 rings (SSSR count). The molecule has 1 heterocycles. The SMILES string of the molecule is Cc1ccc(N[C@H]2SC(=O)N(CC(=O)[O-])C2=O)cc1. The summed E-state index contributed by atoms with van der Waals surface area (Å²) in [4.78, 5) is 34.5. The molecule has 0 aromatic heterocycles. The molecule has 1 N–H and O–H groups in total. The van der Waals surface area contributed by atoms with Gasteiger partial charge in [0.25, 0.3) is 11.1 Å². The first-order valence-corrected chi connectivity index (χ1v) is 6.40. The van der Waals surface area contributed by atoms with Crippen LogP contribution in [0.2, 0.25) is 0 Å². The molecule has 0 spiro atoms. The Balaban J connectivity index is 2.06. The molecule has 0 saturated carbocycles. The molecule has 1 aliphatic rings. The van der Waals surface area contributed by atoms with Gasteiger partial charge in [-0.05, 0) is 30.8 Å². The number of carboxylic acid groups (broad SMARTS) is 1. The van der Waals surface area contributed by atoms with Gasteiger partial charge in [0, 0.05) is 5.69 Å². The minimum absolute atomic E-state index is 0.570. The summed E-state index contributed by atoms with van der Waals surface area (Å²) in [5.41, 5.74) is 1.77. The average Bonchev–Trinajstić information content (AvgIpc) is 2.60. The number of carbonyl (C=O) groups excluding carboxylic acids is 3. The van der Waals surface area contributed by atoms with E-state index in [0.29, 0.717) is 10.6 Å². The maximum absolute atomic E-state index is 11.9. The molecule has 7 heteroatoms. The quantitative estimate of drug-likeness (QED) is 0.845. The van der Waals surface area contributed by atoms with Gasteiger partial charge < -0.3 is 15.2 Å². The molecule has 1 atom stereocenters. The first-order chi connectivity index (χ1) is 8.97. The van der Waals surface area contributed by atoms with Crippen LogP contribution in [0.1, 0.15) is 5.56 Å². The molecule has 1 aromatic rings. The van der Waals surface area contributed by atoms with E-state index >= 15 is 0 Å². The minimum atomic E-state index is -1.46. The number of benzene rings is 1. The van der Waals surface area contributed by atoms with E-state index in [1.807, 2.05) is 19.1 Å². The third kappa shape index (κ3) is 3.05. The molecule has 1 aromatic carbocycles. The van der Waals surface area contributed by atoms with Crippen molar-refractivity contribution in [2.24, 2.45) is 0 Å². The van der Waals surface area contributed by atoms with Gasteiger partial charge in [0.15, 0.2) is 5.37 Å². The summed E-state index contributed by atoms with van der Waals surface area (Å²) in [7, 11) is 0. The molecule has 6 nitrogen and oxygen atoms in total. The van der Waals surface area contributed by atoms with Crippen LogP contribution in [0.5, 0.6) is 0 Å². The van der Waals surface area contributed by atoms with Crippen LogP contribution in [-0.4, -0.2) is 33.9 Å². The number of amides is 2. The number of hydrogen-bond acceptors (Lipinski definition) is 6. The lowest BCUT2D eigenvalue weighted by atomic mass is 10.2. The van der Waals surface area contributed by atoms with Crippen LogP contribution in [0.15, 0.2) is 24.3 Å². The molecule has 1 aliphatic heterocycles. The number of aryl methyl sites for hydroxylation is 1. The molecule has 2 amide bonds. The number of nitrogens with one attached hydrogen (secondary N) is 1. The van der Waals surface area contributed by atoms with Gasteiger partial charge in [0.05, 0.1) is 12.5 Å². The number of aliphatic carboxylic acids is 1. The molecular weight excluding hydrogens is 268 g/mol. The molecular formula is C12H11N2O4S-. The van der Waals surface area contributed by atoms with Crippen LogP contribution in [0.4, 0.5) is 10.5 Å². The number of rotatable bonds is 4. The molecule has 0 aliphatic carbocycles. The highest BCUT2D eigenvalue weighted by Crippen LogP contribution is 2.27. The Hall–Kier alpha value is -2.02. The van der Waals surface area contributed by atoms with Gasteiger partial charge in [0.2, 0.25) is 0 Å². The Kier molecular flexibility index (Phi) is 3.75. The zero-order valence-electron chi connectivity index (χ0n) is 10.1. The second-order valence-corrected chi connectivity index (χ2v) is 5.13. The van der Waals surface area contributed by atoms with Crippen molar-refractivity contribution < 1.29 is 19.5 Å². The van der Waals surface area contributed by atoms with Crippen molar-refractivity contribution in [3.05, 3.63) is 29.8 Å². The van der Waals surface area contributed by atoms with Gasteiger partial charge in [0.1, 0.15) is 0 Å². The van der Waals surface area contributed by atoms with Crippen molar-refractivity contribution >= 4 is 34.6 Å². The Labute approximate surface area is 113 Å². The first kappa shape index (κ1) is 13.4. The van der Waals surface area contributed by atoms with Crippen molar-refractivity contribution in [2.45, 2.75) is 12.3 Å². The zero-order valence-corrected chi connectivity index (χ0v) is 10.9. The van der Waals surface area contributed by atoms with Gasteiger partial charge in [-0.3, -0.25) is 14.5 Å². The fraction of sp³-hybridized carbons (Fsp3) is 0.250. The van der Waals surface area contributed by atoms with Gasteiger partial charge in [-0.15, -0.1) is 0 Å². The van der Waals surface area contributed by atoms with E-state index in [4.69, 9.17) is 0 Å². The third-order valence-electron chi connectivity index (χ3n) is 2.57. The summed E-state index contributed by atoms with van der Waals surface area (Å²) in [5, 5.41) is 12.0. The maximum atomic E-state index is 11.9. The average molecular weight is 279 g/mol. The highest BCUT2D eigenvalue weighted by molar-refractivity contribution is 8.15. The Morgan fingerprint density at radius 2 is 2.00 bits per heavy atom. The Morgan fingerprint density at radius 3 is 2.58 bits per heavy atom. The normalized spacial score (nSPS) is 18.8. The monoisotopic (exact) mass is 279 g/mol. The van der Waals surface area contributed by atoms with E-state index < -0.39 is 29.0 Å². The van der Waals surface area contributed by atoms with Gasteiger partial charge in [-0.1, -0.05) is 17.7 Å². The number of thioether (sulfide) groups is 1. The number of carboxylic acids is 1. The third-order valence-corrected chi connectivity index (χ3v) is 3.54. The summed E-state index contributed by atoms with van der Waals surface area (Å²) in [6.45, 7) is 1.22. The molecule has 1 fully saturated rings. The summed E-state index contributed by atoms with van der Waals surface area (Å²) < 4.78 is 0. The topological polar surface area (TPSA) is 89.5 Å². The van der Waals surface area contributed by atoms with Crippen LogP contribution in [-0.2, 0) is 9.59 Å². The van der Waals surface area contributed by atoms with Crippen molar-refractivity contribution in [3.8, 4) is 0 Å². The fourth-order valence-corrected chi connectivity index (χ4v) is 2.52. The number of anilines is 1. The van der Waals surface area contributed by atoms with Crippen LogP contribution in [0.25, 0.3) is 0 Å². The van der Waals surface area contributed by atoms with E-state index in [2.05, 4.69) is 5.32 Å². The van der Waals surface area contributed by atoms with Crippen LogP contribution >= 0.6 is 11.8 Å². The van der Waals surface area contributed by atoms with E-state index in [0.717, 1.165) is 17.3 Å². The van der Waals surface area contributed by atoms with E-state index in [1.54, 1.807) is 12.1 Å². The number of carbonyl (C=O) groups is 3. The van der Waals surface area contributed by atoms with Crippen LogP contribution in [0.3, 0.4) is 0 Å². The molecule has 0 bridgehead atoms. The lowest BCUT2D eigenvalue weighted by molar-refractivity contribution is -0.305. The van der Waals surface area contributed by atoms with Crippen molar-refractivity contribution in [2.75, 3.05) is 11.9 Å². The van der Waals surface area contributed by atoms with Crippen molar-refractivity contribution in [3.63, 3.8) is 0 Å². The molecule has 100 valence electrons. The van der Waals surface area contributed by atoms with Gasteiger partial charge >= 0.3 is 0 Å². The smallest absolute Gasteiger partial charge is 0.291 e. The number of nitrogens with zero attached hydrogens (tertiary/aromatic N) is 1. The second-order valence-electron chi connectivity index (χ2n) is 4.07. The summed E-state index contributed by atoms with van der Waals surface area (Å²) in [6, 6.07) is 7.31. The van der Waals surface area contributed by atoms with E-state index in [1.165, 1.54) is 0 Å². The standard InChI is InChI=1S/C12H12N2O4S/c1-7-2-4-8(5-3-7)13-10-11(17)14(6-9(15)16)12(18)19-10/h2-5,10,13H,6H2,1H3,(H,15,16)/p-1/t10-/m0/s1. The zero-order chi connectivity index (χ0) is 14.0. The highest BCUT2D eigenvalue weighted by Gasteiger charge is 2.39. The molecule has 0 unspecified atom stereocenters. The van der Waals surface area contributed by atoms with Gasteiger partial charge in [-0.2, -0.15) is 0 Å². The molecule has 19 heavy (non-hydrogen) atoms. The van der Waals surface area contributed by atoms with E-state index in [9.17, 15) is 19.5 Å². The summed E-state index contributed by atoms with van der Waals surface area (Å²) in [6.07, 6.45) is 0. The van der Waals surface area contributed by atoms with Crippen LogP contribution < -0.4 is 10.4 Å². The van der Waals surface area contributed by atoms with Crippen LogP contribution in [0, 0.1) is 6.92 Å². The lowest BCUT2D eigenvalue weighted by Crippen LogP contribution is -2.42. The summed E-state index contributed by atoms with van der Waals surface area (Å²) >= 11 is 0.758. The van der Waals surface area contributed by atoms with Gasteiger partial charge in [-0.25, -0.2) is 0 Å². The Bertz CT molecular complexity index is 529. The van der Waals surface area contributed by atoms with E-state index in [-0.39, 0.29) is 0 Å². The Morgan fingerprint density at radius 1 is 1.37 bits per heavy atom. The molecule has 1 saturated heterocycles. The maximum Gasteiger partial charge on any atom is 0.291 e. The number of hydrogen-bond donors (Lipinski definition) is 1. The fourth-order valence-electron chi connectivity index (χ4n) is 1.61. The second kappa shape index (κ2) is 5.31. The summed E-state index contributed by atoms with van der Waals surface area (Å²) in [5.74, 6) is -2.03. The number of imide groups is 1. The van der Waals surface area contributed by atoms with Crippen molar-refractivity contribution in [1.82, 2.24) is 4.90 Å². The minimum Gasteiger partial charge on any atom is -0.548 e. The predicted octanol–water partition coefficient (Wildman–Crippen LogP) is 0.178. The lowest BCUT2D eigenvalue weighted by Gasteiger charge is -2.15. The predicted molar refractivity (Wildman–Crippen MR) is 68.3 cm³/mol. The highest BCUT2D eigenvalue weighted by atomic mass is 32.2. The molecule has 0 radical (unpaired) electrons. The largest absolute Gasteiger partial charge is 0.548 e.